The zero-order valence-corrected chi connectivity index (χ0v) is 16.9. The zero-order valence-electron chi connectivity index (χ0n) is 16.1. The molecule has 1 fully saturated rings. The van der Waals surface area contributed by atoms with Crippen molar-refractivity contribution in [3.05, 3.63) is 40.2 Å². The SMILES string of the molecule is COC1c2ccc(C(=O)C3=C(C4CC4)ONC3)c(C)c2S(=O)(=O)CC1(C)C. The topological polar surface area (TPSA) is 81.7 Å². The maximum Gasteiger partial charge on any atom is 0.194 e. The van der Waals surface area contributed by atoms with Crippen molar-refractivity contribution in [2.45, 2.75) is 44.6 Å². The molecule has 146 valence electrons. The van der Waals surface area contributed by atoms with Crippen molar-refractivity contribution in [3.63, 3.8) is 0 Å². The molecule has 3 aliphatic rings. The summed E-state index contributed by atoms with van der Waals surface area (Å²) in [6.07, 6.45) is 1.71. The number of carbonyl (C=O) groups excluding carboxylic acids is 1. The molecule has 1 aromatic rings. The Morgan fingerprint density at radius 3 is 2.63 bits per heavy atom. The number of hydrogen-bond acceptors (Lipinski definition) is 6. The molecule has 1 unspecified atom stereocenters. The average Bonchev–Trinajstić information content (AvgIpc) is 3.29. The van der Waals surface area contributed by atoms with Crippen LogP contribution < -0.4 is 5.48 Å². The van der Waals surface area contributed by atoms with Crippen LogP contribution in [0.3, 0.4) is 0 Å². The molecule has 4 rings (SSSR count). The van der Waals surface area contributed by atoms with E-state index in [9.17, 15) is 13.2 Å². The highest BCUT2D eigenvalue weighted by molar-refractivity contribution is 7.91. The summed E-state index contributed by atoms with van der Waals surface area (Å²) in [5, 5.41) is 0. The number of benzene rings is 1. The van der Waals surface area contributed by atoms with E-state index in [-0.39, 0.29) is 22.5 Å². The predicted molar refractivity (Wildman–Crippen MR) is 99.9 cm³/mol. The van der Waals surface area contributed by atoms with Crippen LogP contribution in [-0.2, 0) is 19.4 Å². The maximum atomic E-state index is 13.2. The minimum atomic E-state index is -3.52. The van der Waals surface area contributed by atoms with Crippen LogP contribution >= 0.6 is 0 Å². The number of ketones is 1. The largest absolute Gasteiger partial charge is 0.412 e. The summed E-state index contributed by atoms with van der Waals surface area (Å²) in [7, 11) is -1.92. The molecule has 7 heteroatoms. The van der Waals surface area contributed by atoms with Crippen LogP contribution in [0, 0.1) is 18.3 Å². The van der Waals surface area contributed by atoms with Gasteiger partial charge in [-0.1, -0.05) is 26.0 Å². The van der Waals surface area contributed by atoms with Gasteiger partial charge < -0.3 is 9.57 Å². The smallest absolute Gasteiger partial charge is 0.194 e. The second-order valence-corrected chi connectivity index (χ2v) is 10.3. The van der Waals surface area contributed by atoms with Gasteiger partial charge in [-0.3, -0.25) is 4.79 Å². The molecule has 0 bridgehead atoms. The molecule has 0 radical (unpaired) electrons. The third-order valence-electron chi connectivity index (χ3n) is 5.73. The first kappa shape index (κ1) is 18.7. The van der Waals surface area contributed by atoms with E-state index in [1.54, 1.807) is 26.2 Å². The van der Waals surface area contributed by atoms with Crippen molar-refractivity contribution in [1.29, 1.82) is 0 Å². The monoisotopic (exact) mass is 391 g/mol. The summed E-state index contributed by atoms with van der Waals surface area (Å²) in [5.74, 6) is 0.858. The first-order valence-electron chi connectivity index (χ1n) is 9.24. The van der Waals surface area contributed by atoms with Crippen molar-refractivity contribution < 1.29 is 22.8 Å². The Morgan fingerprint density at radius 1 is 1.30 bits per heavy atom. The van der Waals surface area contributed by atoms with E-state index >= 15 is 0 Å². The van der Waals surface area contributed by atoms with Gasteiger partial charge >= 0.3 is 0 Å². The molecule has 2 heterocycles. The van der Waals surface area contributed by atoms with Gasteiger partial charge in [0.25, 0.3) is 0 Å². The Labute approximate surface area is 159 Å². The van der Waals surface area contributed by atoms with Crippen molar-refractivity contribution in [2.24, 2.45) is 11.3 Å². The van der Waals surface area contributed by atoms with Crippen LogP contribution in [0.4, 0.5) is 0 Å². The first-order valence-corrected chi connectivity index (χ1v) is 10.9. The van der Waals surface area contributed by atoms with Gasteiger partial charge in [-0.15, -0.1) is 0 Å². The van der Waals surface area contributed by atoms with Crippen LogP contribution in [0.1, 0.15) is 54.3 Å². The second kappa shape index (κ2) is 6.15. The minimum Gasteiger partial charge on any atom is -0.412 e. The summed E-state index contributed by atoms with van der Waals surface area (Å²) in [4.78, 5) is 18.9. The standard InChI is InChI=1S/C20H25NO5S/c1-11-13(16(22)15-9-21-26-17(15)12-5-6-12)7-8-14-18(11)27(23,24)10-20(2,3)19(14)25-4/h7-8,12,19,21H,5-6,9-10H2,1-4H3. The number of carbonyl (C=O) groups is 1. The fourth-order valence-electron chi connectivity index (χ4n) is 4.45. The summed E-state index contributed by atoms with van der Waals surface area (Å²) >= 11 is 0. The van der Waals surface area contributed by atoms with E-state index in [1.807, 2.05) is 13.8 Å². The van der Waals surface area contributed by atoms with Crippen molar-refractivity contribution in [1.82, 2.24) is 5.48 Å². The molecule has 6 nitrogen and oxygen atoms in total. The first-order chi connectivity index (χ1) is 12.7. The molecule has 1 N–H and O–H groups in total. The van der Waals surface area contributed by atoms with Crippen LogP contribution in [0.15, 0.2) is 28.4 Å². The van der Waals surface area contributed by atoms with Crippen molar-refractivity contribution >= 4 is 15.6 Å². The molecule has 1 atom stereocenters. The Bertz CT molecular complexity index is 957. The fraction of sp³-hybridized carbons (Fsp3) is 0.550. The van der Waals surface area contributed by atoms with Gasteiger partial charge in [0.15, 0.2) is 15.6 Å². The molecule has 1 saturated carbocycles. The van der Waals surface area contributed by atoms with Crippen molar-refractivity contribution in [3.8, 4) is 0 Å². The number of sulfone groups is 1. The summed E-state index contributed by atoms with van der Waals surface area (Å²) in [6, 6.07) is 3.47. The third-order valence-corrected chi connectivity index (χ3v) is 8.02. The lowest BCUT2D eigenvalue weighted by Gasteiger charge is -2.39. The van der Waals surface area contributed by atoms with Crippen LogP contribution in [0.5, 0.6) is 0 Å². The third kappa shape index (κ3) is 2.92. The number of fused-ring (bicyclic) bond motifs is 1. The van der Waals surface area contributed by atoms with Gasteiger partial charge in [0.05, 0.1) is 28.9 Å². The Balaban J connectivity index is 1.85. The van der Waals surface area contributed by atoms with Gasteiger partial charge in [0.1, 0.15) is 5.76 Å². The van der Waals surface area contributed by atoms with Gasteiger partial charge in [-0.25, -0.2) is 8.42 Å². The number of rotatable bonds is 4. The van der Waals surface area contributed by atoms with E-state index in [1.165, 1.54) is 0 Å². The number of Topliss-reactive ketones (excluding diaryl/α,β-unsaturated/α-hetero) is 1. The average molecular weight is 391 g/mol. The van der Waals surface area contributed by atoms with Crippen LogP contribution in [-0.4, -0.2) is 33.6 Å². The van der Waals surface area contributed by atoms with E-state index in [0.717, 1.165) is 18.6 Å². The molecule has 2 aliphatic heterocycles. The number of methoxy groups -OCH3 is 1. The van der Waals surface area contributed by atoms with Gasteiger partial charge in [0.2, 0.25) is 0 Å². The number of allylic oxidation sites excluding steroid dienone is 1. The van der Waals surface area contributed by atoms with E-state index in [0.29, 0.717) is 34.7 Å². The number of nitrogens with one attached hydrogen (secondary N) is 1. The lowest BCUT2D eigenvalue weighted by atomic mass is 9.82. The number of hydrogen-bond donors (Lipinski definition) is 1. The molecule has 0 amide bonds. The highest BCUT2D eigenvalue weighted by atomic mass is 32.2. The van der Waals surface area contributed by atoms with Gasteiger partial charge in [0, 0.05) is 29.6 Å². The zero-order chi connectivity index (χ0) is 19.6. The highest BCUT2D eigenvalue weighted by Gasteiger charge is 2.45. The molecular formula is C20H25NO5S. The van der Waals surface area contributed by atoms with E-state index < -0.39 is 15.3 Å². The van der Waals surface area contributed by atoms with Gasteiger partial charge in [-0.2, -0.15) is 5.48 Å². The predicted octanol–water partition coefficient (Wildman–Crippen LogP) is 2.88. The lowest BCUT2D eigenvalue weighted by Crippen LogP contribution is -2.38. The second-order valence-electron chi connectivity index (χ2n) is 8.39. The molecule has 0 spiro atoms. The summed E-state index contributed by atoms with van der Waals surface area (Å²) in [5.41, 5.74) is 4.42. The highest BCUT2D eigenvalue weighted by Crippen LogP contribution is 2.47. The quantitative estimate of drug-likeness (QED) is 0.795. The Kier molecular flexibility index (Phi) is 4.25. The number of hydroxylamine groups is 1. The normalized spacial score (nSPS) is 25.9. The van der Waals surface area contributed by atoms with Crippen LogP contribution in [0.25, 0.3) is 0 Å². The molecule has 0 aromatic heterocycles. The summed E-state index contributed by atoms with van der Waals surface area (Å²) in [6.45, 7) is 5.85. The molecular weight excluding hydrogens is 366 g/mol. The minimum absolute atomic E-state index is 0.00925. The molecule has 0 saturated heterocycles. The van der Waals surface area contributed by atoms with Crippen LogP contribution in [0.2, 0.25) is 0 Å². The summed E-state index contributed by atoms with van der Waals surface area (Å²) < 4.78 is 31.7. The Hall–Kier alpha value is -1.70. The number of ether oxygens (including phenoxy) is 1. The van der Waals surface area contributed by atoms with Gasteiger partial charge in [-0.05, 0) is 25.3 Å². The lowest BCUT2D eigenvalue weighted by molar-refractivity contribution is 0.0119. The van der Waals surface area contributed by atoms with Crippen molar-refractivity contribution in [2.75, 3.05) is 19.4 Å². The van der Waals surface area contributed by atoms with E-state index in [2.05, 4.69) is 5.48 Å². The molecule has 27 heavy (non-hydrogen) atoms. The fourth-order valence-corrected chi connectivity index (χ4v) is 6.83. The molecule has 1 aromatic carbocycles. The maximum absolute atomic E-state index is 13.2. The Morgan fingerprint density at radius 2 is 2.00 bits per heavy atom. The van der Waals surface area contributed by atoms with E-state index in [4.69, 9.17) is 9.57 Å². The molecule has 1 aliphatic carbocycles.